The predicted octanol–water partition coefficient (Wildman–Crippen LogP) is 1.81. The van der Waals surface area contributed by atoms with E-state index in [4.69, 9.17) is 4.74 Å². The molecular weight excluding hydrogens is 262 g/mol. The van der Waals surface area contributed by atoms with Crippen molar-refractivity contribution in [2.24, 2.45) is 0 Å². The molecule has 2 heterocycles. The fourth-order valence-corrected chi connectivity index (χ4v) is 2.62. The van der Waals surface area contributed by atoms with E-state index < -0.39 is 0 Å². The lowest BCUT2D eigenvalue weighted by molar-refractivity contribution is 0.179. The molecule has 0 aromatic carbocycles. The minimum absolute atomic E-state index is 0.00288. The molecule has 0 unspecified atom stereocenters. The summed E-state index contributed by atoms with van der Waals surface area (Å²) in [4.78, 5) is 11.5. The average molecular weight is 279 g/mol. The van der Waals surface area contributed by atoms with Gasteiger partial charge in [-0.2, -0.15) is 0 Å². The van der Waals surface area contributed by atoms with Gasteiger partial charge in [-0.3, -0.25) is 4.98 Å². The van der Waals surface area contributed by atoms with Gasteiger partial charge in [-0.25, -0.2) is 4.98 Å². The number of nitrogens with zero attached hydrogens (tertiary/aromatic N) is 3. The van der Waals surface area contributed by atoms with Gasteiger partial charge in [0, 0.05) is 33.1 Å². The second-order valence-corrected chi connectivity index (χ2v) is 5.24. The normalized spacial score (nSPS) is 10.7. The van der Waals surface area contributed by atoms with Crippen LogP contribution in [-0.2, 0) is 24.5 Å². The number of hydrogen-bond acceptors (Lipinski definition) is 6. The number of methoxy groups -OCH3 is 1. The van der Waals surface area contributed by atoms with Gasteiger partial charge >= 0.3 is 0 Å². The Bertz CT molecular complexity index is 516. The van der Waals surface area contributed by atoms with Crippen LogP contribution < -0.4 is 4.90 Å². The second kappa shape index (κ2) is 6.60. The summed E-state index contributed by atoms with van der Waals surface area (Å²) < 4.78 is 5.09. The number of aliphatic hydroxyl groups excluding tert-OH is 1. The van der Waals surface area contributed by atoms with Gasteiger partial charge in [-0.1, -0.05) is 17.4 Å². The summed E-state index contributed by atoms with van der Waals surface area (Å²) in [5.41, 5.74) is 1.93. The van der Waals surface area contributed by atoms with Crippen molar-refractivity contribution in [1.29, 1.82) is 0 Å². The van der Waals surface area contributed by atoms with Gasteiger partial charge < -0.3 is 14.7 Å². The first-order valence-electron chi connectivity index (χ1n) is 5.93. The van der Waals surface area contributed by atoms with Crippen LogP contribution in [0.15, 0.2) is 24.5 Å². The molecule has 2 rings (SSSR count). The van der Waals surface area contributed by atoms with Crippen molar-refractivity contribution in [3.8, 4) is 0 Å². The van der Waals surface area contributed by atoms with Crippen LogP contribution in [0.2, 0.25) is 0 Å². The van der Waals surface area contributed by atoms with E-state index in [2.05, 4.69) is 9.97 Å². The molecule has 2 aromatic heterocycles. The standard InChI is InChI=1S/C13H17N3O2S/c1-16(7-10-4-3-5-14-6-10)13-15-11(9-18-2)12(8-17)19-13/h3-6,17H,7-9H2,1-2H3. The lowest BCUT2D eigenvalue weighted by Crippen LogP contribution is -2.16. The van der Waals surface area contributed by atoms with Crippen molar-refractivity contribution >= 4 is 16.5 Å². The van der Waals surface area contributed by atoms with E-state index in [1.54, 1.807) is 13.3 Å². The summed E-state index contributed by atoms with van der Waals surface area (Å²) in [7, 11) is 3.60. The number of aliphatic hydroxyl groups is 1. The molecule has 0 bridgehead atoms. The summed E-state index contributed by atoms with van der Waals surface area (Å²) in [6.07, 6.45) is 3.60. The smallest absolute Gasteiger partial charge is 0.185 e. The number of hydrogen-bond donors (Lipinski definition) is 1. The summed E-state index contributed by atoms with van der Waals surface area (Å²) in [6, 6.07) is 3.95. The molecule has 6 heteroatoms. The van der Waals surface area contributed by atoms with Crippen molar-refractivity contribution in [2.45, 2.75) is 19.8 Å². The zero-order valence-electron chi connectivity index (χ0n) is 11.0. The first kappa shape index (κ1) is 13.9. The van der Waals surface area contributed by atoms with Crippen LogP contribution in [0.25, 0.3) is 0 Å². The molecule has 2 aromatic rings. The van der Waals surface area contributed by atoms with E-state index >= 15 is 0 Å². The van der Waals surface area contributed by atoms with Crippen molar-refractivity contribution in [3.63, 3.8) is 0 Å². The minimum atomic E-state index is -0.00288. The number of thiazole rings is 1. The second-order valence-electron chi connectivity index (χ2n) is 4.17. The molecule has 0 aliphatic heterocycles. The number of pyridine rings is 1. The molecule has 0 atom stereocenters. The predicted molar refractivity (Wildman–Crippen MR) is 75.1 cm³/mol. The van der Waals surface area contributed by atoms with Gasteiger partial charge in [0.25, 0.3) is 0 Å². The summed E-state index contributed by atoms with van der Waals surface area (Å²) >= 11 is 1.49. The fraction of sp³-hybridized carbons (Fsp3) is 0.385. The van der Waals surface area contributed by atoms with Crippen LogP contribution in [-0.4, -0.2) is 29.2 Å². The lowest BCUT2D eigenvalue weighted by Gasteiger charge is -2.15. The Kier molecular flexibility index (Phi) is 4.84. The monoisotopic (exact) mass is 279 g/mol. The first-order chi connectivity index (χ1) is 9.24. The van der Waals surface area contributed by atoms with Crippen LogP contribution in [0.1, 0.15) is 16.1 Å². The zero-order chi connectivity index (χ0) is 13.7. The molecule has 0 fully saturated rings. The third kappa shape index (κ3) is 3.50. The number of ether oxygens (including phenoxy) is 1. The van der Waals surface area contributed by atoms with Crippen LogP contribution in [0.3, 0.4) is 0 Å². The highest BCUT2D eigenvalue weighted by atomic mass is 32.1. The van der Waals surface area contributed by atoms with Gasteiger partial charge in [0.05, 0.1) is 23.8 Å². The molecule has 19 heavy (non-hydrogen) atoms. The summed E-state index contributed by atoms with van der Waals surface area (Å²) in [5, 5.41) is 10.2. The Hall–Kier alpha value is -1.50. The topological polar surface area (TPSA) is 58.5 Å². The van der Waals surface area contributed by atoms with Crippen molar-refractivity contribution < 1.29 is 9.84 Å². The largest absolute Gasteiger partial charge is 0.391 e. The Labute approximate surface area is 116 Å². The SMILES string of the molecule is COCc1nc(N(C)Cc2cccnc2)sc1CO. The van der Waals surface area contributed by atoms with E-state index in [1.165, 1.54) is 11.3 Å². The van der Waals surface area contributed by atoms with Crippen molar-refractivity contribution in [3.05, 3.63) is 40.7 Å². The molecular formula is C13H17N3O2S. The summed E-state index contributed by atoms with van der Waals surface area (Å²) in [5.74, 6) is 0. The van der Waals surface area contributed by atoms with E-state index in [-0.39, 0.29) is 6.61 Å². The maximum absolute atomic E-state index is 9.32. The maximum atomic E-state index is 9.32. The number of anilines is 1. The minimum Gasteiger partial charge on any atom is -0.391 e. The van der Waals surface area contributed by atoms with E-state index in [0.717, 1.165) is 27.8 Å². The Morgan fingerprint density at radius 3 is 2.95 bits per heavy atom. The molecule has 0 amide bonds. The van der Waals surface area contributed by atoms with Gasteiger partial charge in [-0.15, -0.1) is 0 Å². The number of aromatic nitrogens is 2. The van der Waals surface area contributed by atoms with Crippen LogP contribution in [0, 0.1) is 0 Å². The molecule has 0 aliphatic rings. The molecule has 0 spiro atoms. The highest BCUT2D eigenvalue weighted by Crippen LogP contribution is 2.27. The third-order valence-corrected chi connectivity index (χ3v) is 3.86. The first-order valence-corrected chi connectivity index (χ1v) is 6.74. The van der Waals surface area contributed by atoms with Crippen LogP contribution >= 0.6 is 11.3 Å². The average Bonchev–Trinajstić information content (AvgIpc) is 2.83. The molecule has 1 N–H and O–H groups in total. The Morgan fingerprint density at radius 2 is 2.32 bits per heavy atom. The Morgan fingerprint density at radius 1 is 1.47 bits per heavy atom. The van der Waals surface area contributed by atoms with Gasteiger partial charge in [0.1, 0.15) is 0 Å². The third-order valence-electron chi connectivity index (χ3n) is 2.66. The van der Waals surface area contributed by atoms with E-state index in [0.29, 0.717) is 6.61 Å². The van der Waals surface area contributed by atoms with E-state index in [9.17, 15) is 5.11 Å². The quantitative estimate of drug-likeness (QED) is 0.874. The molecule has 0 aliphatic carbocycles. The molecule has 0 radical (unpaired) electrons. The van der Waals surface area contributed by atoms with Crippen molar-refractivity contribution in [1.82, 2.24) is 9.97 Å². The van der Waals surface area contributed by atoms with Gasteiger partial charge in [0.15, 0.2) is 5.13 Å². The summed E-state index contributed by atoms with van der Waals surface area (Å²) in [6.45, 7) is 1.16. The highest BCUT2D eigenvalue weighted by Gasteiger charge is 2.13. The number of rotatable bonds is 6. The Balaban J connectivity index is 2.12. The van der Waals surface area contributed by atoms with E-state index in [1.807, 2.05) is 30.3 Å². The molecule has 0 saturated heterocycles. The van der Waals surface area contributed by atoms with Crippen molar-refractivity contribution in [2.75, 3.05) is 19.1 Å². The van der Waals surface area contributed by atoms with Crippen LogP contribution in [0.4, 0.5) is 5.13 Å². The zero-order valence-corrected chi connectivity index (χ0v) is 11.9. The highest BCUT2D eigenvalue weighted by molar-refractivity contribution is 7.15. The fourth-order valence-electron chi connectivity index (χ4n) is 1.74. The van der Waals surface area contributed by atoms with Gasteiger partial charge in [0.2, 0.25) is 0 Å². The van der Waals surface area contributed by atoms with Gasteiger partial charge in [-0.05, 0) is 11.6 Å². The maximum Gasteiger partial charge on any atom is 0.185 e. The molecule has 0 saturated carbocycles. The molecule has 102 valence electrons. The lowest BCUT2D eigenvalue weighted by atomic mass is 10.3. The molecule has 5 nitrogen and oxygen atoms in total. The van der Waals surface area contributed by atoms with Crippen LogP contribution in [0.5, 0.6) is 0 Å².